The highest BCUT2D eigenvalue weighted by molar-refractivity contribution is 6.05. The van der Waals surface area contributed by atoms with E-state index in [1.165, 1.54) is 6.08 Å². The van der Waals surface area contributed by atoms with Crippen molar-refractivity contribution in [1.82, 2.24) is 10.3 Å². The first-order valence-electron chi connectivity index (χ1n) is 9.13. The Kier molecular flexibility index (Phi) is 6.37. The van der Waals surface area contributed by atoms with E-state index in [-0.39, 0.29) is 11.8 Å². The monoisotopic (exact) mass is 386 g/mol. The fourth-order valence-corrected chi connectivity index (χ4v) is 2.66. The molecule has 0 saturated carbocycles. The van der Waals surface area contributed by atoms with Gasteiger partial charge in [-0.1, -0.05) is 24.3 Å². The van der Waals surface area contributed by atoms with Gasteiger partial charge >= 0.3 is 0 Å². The van der Waals surface area contributed by atoms with Crippen molar-refractivity contribution in [2.24, 2.45) is 0 Å². The molecule has 0 aliphatic rings. The predicted octanol–water partition coefficient (Wildman–Crippen LogP) is 3.55. The number of hydrogen-bond donors (Lipinski definition) is 3. The molecule has 146 valence electrons. The van der Waals surface area contributed by atoms with Crippen LogP contribution in [-0.4, -0.2) is 16.8 Å². The van der Waals surface area contributed by atoms with Gasteiger partial charge in [0.2, 0.25) is 5.91 Å². The number of nitrogens with zero attached hydrogens (tertiary/aromatic N) is 1. The molecule has 0 aliphatic heterocycles. The maximum Gasteiger partial charge on any atom is 0.255 e. The molecule has 0 spiro atoms. The molecular formula is C23H22N4O2. The molecule has 1 aromatic heterocycles. The Morgan fingerprint density at radius 1 is 1.10 bits per heavy atom. The van der Waals surface area contributed by atoms with Crippen LogP contribution >= 0.6 is 0 Å². The normalized spacial score (nSPS) is 10.7. The lowest BCUT2D eigenvalue weighted by molar-refractivity contribution is -0.116. The molecule has 3 rings (SSSR count). The maximum atomic E-state index is 12.4. The minimum absolute atomic E-state index is 0.203. The quantitative estimate of drug-likeness (QED) is 0.446. The molecule has 0 saturated heterocycles. The second-order valence-corrected chi connectivity index (χ2v) is 6.58. The minimum atomic E-state index is -0.240. The first kappa shape index (κ1) is 19.8. The average molecular weight is 386 g/mol. The summed E-state index contributed by atoms with van der Waals surface area (Å²) in [4.78, 5) is 28.3. The zero-order valence-electron chi connectivity index (χ0n) is 16.1. The van der Waals surface area contributed by atoms with Crippen LogP contribution in [0.2, 0.25) is 0 Å². The minimum Gasteiger partial charge on any atom is -0.397 e. The van der Waals surface area contributed by atoms with Crippen molar-refractivity contribution in [2.45, 2.75) is 13.5 Å². The lowest BCUT2D eigenvalue weighted by Gasteiger charge is -2.09. The van der Waals surface area contributed by atoms with Gasteiger partial charge in [-0.2, -0.15) is 0 Å². The van der Waals surface area contributed by atoms with E-state index >= 15 is 0 Å². The van der Waals surface area contributed by atoms with E-state index in [2.05, 4.69) is 15.6 Å². The molecule has 4 N–H and O–H groups in total. The summed E-state index contributed by atoms with van der Waals surface area (Å²) < 4.78 is 0. The Balaban J connectivity index is 1.53. The van der Waals surface area contributed by atoms with Gasteiger partial charge in [0, 0.05) is 30.6 Å². The van der Waals surface area contributed by atoms with Crippen LogP contribution in [0.3, 0.4) is 0 Å². The van der Waals surface area contributed by atoms with E-state index in [9.17, 15) is 9.59 Å². The van der Waals surface area contributed by atoms with Crippen LogP contribution in [0, 0.1) is 6.92 Å². The molecule has 1 heterocycles. The van der Waals surface area contributed by atoms with Gasteiger partial charge in [-0.05, 0) is 60.0 Å². The van der Waals surface area contributed by atoms with E-state index in [0.29, 0.717) is 23.5 Å². The summed E-state index contributed by atoms with van der Waals surface area (Å²) in [5, 5.41) is 5.62. The highest BCUT2D eigenvalue weighted by Crippen LogP contribution is 2.20. The van der Waals surface area contributed by atoms with Crippen molar-refractivity contribution in [2.75, 3.05) is 11.1 Å². The topological polar surface area (TPSA) is 97.1 Å². The lowest BCUT2D eigenvalue weighted by Crippen LogP contribution is -2.20. The number of aryl methyl sites for hydroxylation is 1. The molecule has 6 nitrogen and oxygen atoms in total. The van der Waals surface area contributed by atoms with E-state index in [0.717, 1.165) is 16.7 Å². The number of rotatable bonds is 6. The molecule has 0 fully saturated rings. The fourth-order valence-electron chi connectivity index (χ4n) is 2.66. The Labute approximate surface area is 169 Å². The molecule has 3 aromatic rings. The van der Waals surface area contributed by atoms with Gasteiger partial charge in [0.1, 0.15) is 0 Å². The number of aromatic nitrogens is 1. The predicted molar refractivity (Wildman–Crippen MR) is 115 cm³/mol. The summed E-state index contributed by atoms with van der Waals surface area (Å²) in [6, 6.07) is 16.2. The number of anilines is 2. The van der Waals surface area contributed by atoms with Crippen LogP contribution in [0.25, 0.3) is 6.08 Å². The van der Waals surface area contributed by atoms with Crippen molar-refractivity contribution in [3.05, 3.63) is 95.3 Å². The van der Waals surface area contributed by atoms with E-state index < -0.39 is 0 Å². The third-order valence-electron chi connectivity index (χ3n) is 4.25. The number of nitrogens with two attached hydrogens (primary N) is 1. The smallest absolute Gasteiger partial charge is 0.255 e. The Morgan fingerprint density at radius 3 is 2.59 bits per heavy atom. The second kappa shape index (κ2) is 9.32. The summed E-state index contributed by atoms with van der Waals surface area (Å²) in [6.07, 6.45) is 6.52. The summed E-state index contributed by atoms with van der Waals surface area (Å²) in [5.74, 6) is -0.443. The van der Waals surface area contributed by atoms with Crippen LogP contribution in [0.1, 0.15) is 27.0 Å². The zero-order chi connectivity index (χ0) is 20.6. The van der Waals surface area contributed by atoms with Crippen LogP contribution in [0.15, 0.2) is 73.1 Å². The van der Waals surface area contributed by atoms with Crippen LogP contribution in [0.5, 0.6) is 0 Å². The number of benzene rings is 2. The van der Waals surface area contributed by atoms with Crippen molar-refractivity contribution in [1.29, 1.82) is 0 Å². The van der Waals surface area contributed by atoms with Crippen molar-refractivity contribution in [3.63, 3.8) is 0 Å². The first-order chi connectivity index (χ1) is 14.0. The summed E-state index contributed by atoms with van der Waals surface area (Å²) >= 11 is 0. The van der Waals surface area contributed by atoms with Gasteiger partial charge in [-0.3, -0.25) is 14.6 Å². The van der Waals surface area contributed by atoms with Crippen molar-refractivity contribution in [3.8, 4) is 0 Å². The molecule has 0 aliphatic carbocycles. The average Bonchev–Trinajstić information content (AvgIpc) is 2.74. The number of nitrogens with one attached hydrogen (secondary N) is 2. The van der Waals surface area contributed by atoms with E-state index in [4.69, 9.17) is 5.73 Å². The van der Waals surface area contributed by atoms with Gasteiger partial charge in [-0.25, -0.2) is 0 Å². The van der Waals surface area contributed by atoms with Crippen molar-refractivity contribution >= 4 is 29.3 Å². The zero-order valence-corrected chi connectivity index (χ0v) is 16.1. The highest BCUT2D eigenvalue weighted by Gasteiger charge is 2.08. The maximum absolute atomic E-state index is 12.4. The molecular weight excluding hydrogens is 364 g/mol. The summed E-state index contributed by atoms with van der Waals surface area (Å²) in [7, 11) is 0. The SMILES string of the molecule is Cc1ccc(NC(=O)c2ccc(CNC(=O)/C=C/c3cccnc3)cc2)c(N)c1. The Morgan fingerprint density at radius 2 is 1.90 bits per heavy atom. The van der Waals surface area contributed by atoms with Gasteiger partial charge < -0.3 is 16.4 Å². The molecule has 0 bridgehead atoms. The molecule has 0 unspecified atom stereocenters. The molecule has 2 aromatic carbocycles. The van der Waals surface area contributed by atoms with Crippen LogP contribution < -0.4 is 16.4 Å². The van der Waals surface area contributed by atoms with E-state index in [1.54, 1.807) is 48.8 Å². The van der Waals surface area contributed by atoms with Gasteiger partial charge in [0.15, 0.2) is 0 Å². The highest BCUT2D eigenvalue weighted by atomic mass is 16.2. The molecule has 29 heavy (non-hydrogen) atoms. The largest absolute Gasteiger partial charge is 0.397 e. The third-order valence-corrected chi connectivity index (χ3v) is 4.25. The number of hydrogen-bond acceptors (Lipinski definition) is 4. The summed E-state index contributed by atoms with van der Waals surface area (Å²) in [6.45, 7) is 2.30. The van der Waals surface area contributed by atoms with Crippen LogP contribution in [-0.2, 0) is 11.3 Å². The number of pyridine rings is 1. The first-order valence-corrected chi connectivity index (χ1v) is 9.13. The fraction of sp³-hybridized carbons (Fsp3) is 0.0870. The molecule has 0 radical (unpaired) electrons. The van der Waals surface area contributed by atoms with Gasteiger partial charge in [0.25, 0.3) is 5.91 Å². The molecule has 2 amide bonds. The number of amides is 2. The Bertz CT molecular complexity index is 1030. The number of carbonyl (C=O) groups is 2. The third kappa shape index (κ3) is 5.77. The van der Waals surface area contributed by atoms with Crippen molar-refractivity contribution < 1.29 is 9.59 Å². The van der Waals surface area contributed by atoms with E-state index in [1.807, 2.05) is 31.2 Å². The lowest BCUT2D eigenvalue weighted by atomic mass is 10.1. The Hall–Kier alpha value is -3.93. The van der Waals surface area contributed by atoms with Gasteiger partial charge in [-0.15, -0.1) is 0 Å². The second-order valence-electron chi connectivity index (χ2n) is 6.58. The standard InChI is InChI=1S/C23H22N4O2/c1-16-4-10-21(20(24)13-16)27-23(29)19-8-5-18(6-9-19)15-26-22(28)11-7-17-3-2-12-25-14-17/h2-14H,15,24H2,1H3,(H,26,28)(H,27,29)/b11-7+. The molecule has 6 heteroatoms. The summed E-state index contributed by atoms with van der Waals surface area (Å²) in [5.41, 5.74) is 10.3. The van der Waals surface area contributed by atoms with Crippen LogP contribution in [0.4, 0.5) is 11.4 Å². The molecule has 0 atom stereocenters. The van der Waals surface area contributed by atoms with Gasteiger partial charge in [0.05, 0.1) is 11.4 Å². The number of nitrogen functional groups attached to an aromatic ring is 1. The number of carbonyl (C=O) groups excluding carboxylic acids is 2.